The van der Waals surface area contributed by atoms with Gasteiger partial charge in [-0.3, -0.25) is 0 Å². The van der Waals surface area contributed by atoms with Gasteiger partial charge in [-0.15, -0.1) is 0 Å². The quantitative estimate of drug-likeness (QED) is 0.715. The van der Waals surface area contributed by atoms with Gasteiger partial charge in [0.05, 0.1) is 5.36 Å². The molecule has 0 bridgehead atoms. The van der Waals surface area contributed by atoms with Gasteiger partial charge in [0.15, 0.2) is 0 Å². The van der Waals surface area contributed by atoms with E-state index in [9.17, 15) is 0 Å². The molecule has 1 aliphatic rings. The second-order valence-electron chi connectivity index (χ2n) is 3.76. The number of nitrogens with zero attached hydrogens (tertiary/aromatic N) is 1. The van der Waals surface area contributed by atoms with Crippen LogP contribution < -0.4 is 16.3 Å². The number of benzene rings is 2. The van der Waals surface area contributed by atoms with Gasteiger partial charge in [0.25, 0.3) is 0 Å². The summed E-state index contributed by atoms with van der Waals surface area (Å²) in [6.45, 7) is 0. The van der Waals surface area contributed by atoms with Crippen molar-refractivity contribution >= 4 is 23.4 Å². The molecular formula is C14H12N2O2S. The number of hydrogen-bond donors (Lipinski definition) is 2. The number of fused-ring (bicyclic) bond motifs is 2. The number of nitrogens with two attached hydrogens (primary N) is 1. The monoisotopic (exact) mass is 272 g/mol. The molecular weight excluding hydrogens is 260 g/mol. The van der Waals surface area contributed by atoms with Gasteiger partial charge in [0.1, 0.15) is 0 Å². The molecule has 0 unspecified atom stereocenters. The van der Waals surface area contributed by atoms with Gasteiger partial charge in [-0.25, -0.2) is 9.19 Å². The maximum absolute atomic E-state index is 8.78. The van der Waals surface area contributed by atoms with E-state index in [4.69, 9.17) is 9.90 Å². The number of rotatable bonds is 0. The molecule has 96 valence electrons. The molecule has 0 atom stereocenters. The highest BCUT2D eigenvalue weighted by Gasteiger charge is 1.93. The van der Waals surface area contributed by atoms with Gasteiger partial charge in [-0.1, -0.05) is 42.5 Å². The molecule has 2 aromatic carbocycles. The predicted molar refractivity (Wildman–Crippen MR) is 75.6 cm³/mol. The summed E-state index contributed by atoms with van der Waals surface area (Å²) < 4.78 is 4.46. The Kier molecular flexibility index (Phi) is 4.20. The van der Waals surface area contributed by atoms with Crippen LogP contribution in [0.2, 0.25) is 0 Å². The molecule has 19 heavy (non-hydrogen) atoms. The Morgan fingerprint density at radius 1 is 1.05 bits per heavy atom. The third-order valence-corrected chi connectivity index (χ3v) is 3.15. The first-order valence-electron chi connectivity index (χ1n) is 5.55. The van der Waals surface area contributed by atoms with E-state index in [1.807, 2.05) is 6.07 Å². The van der Waals surface area contributed by atoms with E-state index in [0.29, 0.717) is 0 Å². The summed E-state index contributed by atoms with van der Waals surface area (Å²) in [5.74, 6) is 0. The van der Waals surface area contributed by atoms with Crippen molar-refractivity contribution in [3.63, 3.8) is 0 Å². The van der Waals surface area contributed by atoms with Crippen molar-refractivity contribution in [1.82, 2.24) is 0 Å². The topological polar surface area (TPSA) is 75.7 Å². The molecule has 0 spiro atoms. The minimum Gasteiger partial charge on any atom is -0.465 e. The average molecular weight is 272 g/mol. The van der Waals surface area contributed by atoms with Gasteiger partial charge < -0.3 is 10.8 Å². The lowest BCUT2D eigenvalue weighted by Gasteiger charge is -1.89. The Balaban J connectivity index is 0.000000297. The number of primary amides is 1. The van der Waals surface area contributed by atoms with Crippen LogP contribution in [0.25, 0.3) is 5.41 Å². The molecule has 1 aliphatic heterocycles. The Morgan fingerprint density at radius 3 is 2.37 bits per heavy atom. The van der Waals surface area contributed by atoms with E-state index < -0.39 is 6.09 Å². The first-order valence-corrected chi connectivity index (χ1v) is 6.39. The van der Waals surface area contributed by atoms with E-state index in [1.165, 1.54) is 27.6 Å². The van der Waals surface area contributed by atoms with Crippen molar-refractivity contribution in [3.05, 3.63) is 69.5 Å². The highest BCUT2D eigenvalue weighted by atomic mass is 32.2. The van der Waals surface area contributed by atoms with Gasteiger partial charge in [-0.2, -0.15) is 0 Å². The lowest BCUT2D eigenvalue weighted by molar-refractivity contribution is 0.205. The summed E-state index contributed by atoms with van der Waals surface area (Å²) in [4.78, 5) is 8.78. The van der Waals surface area contributed by atoms with Crippen LogP contribution in [0.15, 0.2) is 52.9 Å². The smallest absolute Gasteiger partial charge is 0.402 e. The molecule has 4 nitrogen and oxygen atoms in total. The Bertz CT molecular complexity index is 737. The van der Waals surface area contributed by atoms with Crippen molar-refractivity contribution in [1.29, 1.82) is 0 Å². The molecule has 2 aromatic rings. The van der Waals surface area contributed by atoms with E-state index in [0.717, 1.165) is 5.36 Å². The van der Waals surface area contributed by atoms with Gasteiger partial charge in [0, 0.05) is 22.6 Å². The van der Waals surface area contributed by atoms with Crippen molar-refractivity contribution < 1.29 is 9.90 Å². The van der Waals surface area contributed by atoms with Crippen molar-refractivity contribution in [2.24, 2.45) is 10.1 Å². The molecule has 3 rings (SSSR count). The summed E-state index contributed by atoms with van der Waals surface area (Å²) in [5.41, 5.74) is 4.03. The zero-order valence-corrected chi connectivity index (χ0v) is 10.8. The van der Waals surface area contributed by atoms with Gasteiger partial charge in [-0.05, 0) is 16.5 Å². The lowest BCUT2D eigenvalue weighted by atomic mass is 10.2. The van der Waals surface area contributed by atoms with E-state index in [-0.39, 0.29) is 0 Å². The number of carboxylic acid groups (broad SMARTS) is 1. The Morgan fingerprint density at radius 2 is 1.63 bits per heavy atom. The van der Waals surface area contributed by atoms with Crippen LogP contribution in [0.3, 0.4) is 0 Å². The maximum atomic E-state index is 8.78. The number of carbonyl (C=O) groups is 1. The molecule has 0 fully saturated rings. The molecule has 1 amide bonds. The maximum Gasteiger partial charge on any atom is 0.402 e. The van der Waals surface area contributed by atoms with E-state index in [1.54, 1.807) is 0 Å². The largest absolute Gasteiger partial charge is 0.465 e. The highest BCUT2D eigenvalue weighted by molar-refractivity contribution is 8.05. The summed E-state index contributed by atoms with van der Waals surface area (Å²) in [7, 11) is 0. The molecule has 0 saturated heterocycles. The Labute approximate surface area is 113 Å². The van der Waals surface area contributed by atoms with Gasteiger partial charge >= 0.3 is 6.09 Å². The highest BCUT2D eigenvalue weighted by Crippen LogP contribution is 2.04. The van der Waals surface area contributed by atoms with Crippen molar-refractivity contribution in [3.8, 4) is 0 Å². The first kappa shape index (κ1) is 13.2. The van der Waals surface area contributed by atoms with Crippen molar-refractivity contribution in [2.45, 2.75) is 0 Å². The van der Waals surface area contributed by atoms with Crippen LogP contribution in [0, 0.1) is 10.4 Å². The van der Waals surface area contributed by atoms with Crippen LogP contribution >= 0.6 is 11.9 Å². The summed E-state index contributed by atoms with van der Waals surface area (Å²) >= 11 is 1.50. The third-order valence-electron chi connectivity index (χ3n) is 2.49. The molecule has 1 heterocycles. The standard InChI is InChI=1S/C13H9NS.CH3NO2/c1-2-6-11-10(5-1)9-15-14-13-8-4-3-7-12(11)13;2-1(3)4/h1-9H;2H2,(H,3,4). The molecule has 0 radical (unpaired) electrons. The first-order chi connectivity index (χ1) is 9.18. The van der Waals surface area contributed by atoms with Crippen LogP contribution in [0.4, 0.5) is 4.79 Å². The second-order valence-corrected chi connectivity index (χ2v) is 4.39. The minimum absolute atomic E-state index is 1.06. The van der Waals surface area contributed by atoms with E-state index in [2.05, 4.69) is 58.0 Å². The van der Waals surface area contributed by atoms with Gasteiger partial charge in [0.2, 0.25) is 0 Å². The van der Waals surface area contributed by atoms with Crippen LogP contribution in [-0.2, 0) is 0 Å². The Hall–Kier alpha value is -2.27. The average Bonchev–Trinajstić information content (AvgIpc) is 2.57. The predicted octanol–water partition coefficient (Wildman–Crippen LogP) is 1.62. The second kappa shape index (κ2) is 6.06. The lowest BCUT2D eigenvalue weighted by Crippen LogP contribution is -2.06. The SMILES string of the molecule is C1=c2ccccc2=c2ccccc2=NS1.NC(=O)O. The molecule has 0 aliphatic carbocycles. The fourth-order valence-electron chi connectivity index (χ4n) is 1.77. The summed E-state index contributed by atoms with van der Waals surface area (Å²) in [6, 6.07) is 16.7. The molecule has 0 saturated carbocycles. The normalized spacial score (nSPS) is 11.4. The summed E-state index contributed by atoms with van der Waals surface area (Å²) in [5, 5.41) is 14.1. The fraction of sp³-hybridized carbons (Fsp3) is 0. The number of hydrogen-bond acceptors (Lipinski definition) is 3. The van der Waals surface area contributed by atoms with Crippen molar-refractivity contribution in [2.75, 3.05) is 0 Å². The zero-order chi connectivity index (χ0) is 13.7. The molecule has 0 aromatic heterocycles. The van der Waals surface area contributed by atoms with Crippen LogP contribution in [-0.4, -0.2) is 11.2 Å². The molecule has 5 heteroatoms. The minimum atomic E-state index is -1.33. The fourth-order valence-corrected chi connectivity index (χ4v) is 2.41. The molecule has 3 N–H and O–H groups in total. The van der Waals surface area contributed by atoms with E-state index >= 15 is 0 Å². The van der Waals surface area contributed by atoms with Crippen LogP contribution in [0.1, 0.15) is 0 Å². The summed E-state index contributed by atoms with van der Waals surface area (Å²) in [6.07, 6.45) is -1.33. The van der Waals surface area contributed by atoms with Crippen LogP contribution in [0.5, 0.6) is 0 Å². The number of amides is 1. The third kappa shape index (κ3) is 3.35. The zero-order valence-electron chi connectivity index (χ0n) is 9.98.